The molecule has 31 heavy (non-hydrogen) atoms. The van der Waals surface area contributed by atoms with E-state index in [0.717, 1.165) is 0 Å². The number of amides is 1. The van der Waals surface area contributed by atoms with Crippen LogP contribution in [0.1, 0.15) is 15.9 Å². The van der Waals surface area contributed by atoms with E-state index in [1.54, 1.807) is 60.7 Å². The Labute approximate surface area is 181 Å². The summed E-state index contributed by atoms with van der Waals surface area (Å²) in [6.07, 6.45) is 1.49. The maximum atomic E-state index is 13.2. The molecule has 0 atom stereocenters. The van der Waals surface area contributed by atoms with Gasteiger partial charge in [0, 0.05) is 22.9 Å². The molecular weight excluding hydrogens is 394 g/mol. The van der Waals surface area contributed by atoms with Crippen LogP contribution in [0.15, 0.2) is 78.4 Å². The van der Waals surface area contributed by atoms with E-state index >= 15 is 0 Å². The lowest BCUT2D eigenvalue weighted by molar-refractivity contribution is -0.112. The molecule has 0 unspecified atom stereocenters. The summed E-state index contributed by atoms with van der Waals surface area (Å²) in [5, 5.41) is 2.78. The van der Waals surface area contributed by atoms with E-state index in [4.69, 9.17) is 14.2 Å². The van der Waals surface area contributed by atoms with Crippen molar-refractivity contribution in [2.75, 3.05) is 26.6 Å². The molecule has 0 aliphatic carbocycles. The van der Waals surface area contributed by atoms with Crippen LogP contribution in [0, 0.1) is 0 Å². The van der Waals surface area contributed by atoms with Gasteiger partial charge in [-0.3, -0.25) is 9.59 Å². The molecule has 0 aromatic heterocycles. The molecule has 0 heterocycles. The van der Waals surface area contributed by atoms with Crippen LogP contribution in [0.25, 0.3) is 6.08 Å². The maximum absolute atomic E-state index is 13.2. The molecule has 0 aliphatic rings. The first kappa shape index (κ1) is 21.6. The van der Waals surface area contributed by atoms with E-state index in [9.17, 15) is 9.59 Å². The number of carbonyl (C=O) groups is 2. The van der Waals surface area contributed by atoms with Crippen molar-refractivity contribution in [3.8, 4) is 17.2 Å². The molecule has 0 radical (unpaired) electrons. The quantitative estimate of drug-likeness (QED) is 0.251. The van der Waals surface area contributed by atoms with Crippen molar-refractivity contribution in [2.45, 2.75) is 0 Å². The average molecular weight is 417 g/mol. The molecule has 3 aromatic rings. The van der Waals surface area contributed by atoms with Crippen LogP contribution in [-0.2, 0) is 4.79 Å². The summed E-state index contributed by atoms with van der Waals surface area (Å²) < 4.78 is 16.1. The molecule has 6 heteroatoms. The number of rotatable bonds is 8. The molecule has 158 valence electrons. The monoisotopic (exact) mass is 417 g/mol. The summed E-state index contributed by atoms with van der Waals surface area (Å²) in [6.45, 7) is 0. The zero-order valence-electron chi connectivity index (χ0n) is 17.5. The largest absolute Gasteiger partial charge is 0.496 e. The highest BCUT2D eigenvalue weighted by atomic mass is 16.5. The molecule has 0 saturated heterocycles. The Balaban J connectivity index is 2.10. The van der Waals surface area contributed by atoms with Crippen molar-refractivity contribution in [1.82, 2.24) is 0 Å². The van der Waals surface area contributed by atoms with Crippen LogP contribution in [0.4, 0.5) is 5.69 Å². The lowest BCUT2D eigenvalue weighted by Gasteiger charge is -2.14. The van der Waals surface area contributed by atoms with E-state index in [1.807, 2.05) is 12.1 Å². The molecule has 0 fully saturated rings. The van der Waals surface area contributed by atoms with Crippen LogP contribution in [0.2, 0.25) is 0 Å². The lowest BCUT2D eigenvalue weighted by atomic mass is 9.99. The number of hydrogen-bond acceptors (Lipinski definition) is 5. The molecule has 6 nitrogen and oxygen atoms in total. The van der Waals surface area contributed by atoms with Gasteiger partial charge in [0.15, 0.2) is 17.3 Å². The molecule has 1 amide bonds. The van der Waals surface area contributed by atoms with E-state index in [0.29, 0.717) is 34.1 Å². The molecular formula is C25H23NO5. The second-order valence-electron chi connectivity index (χ2n) is 6.52. The molecule has 0 bridgehead atoms. The highest BCUT2D eigenvalue weighted by Gasteiger charge is 2.22. The fraction of sp³-hybridized carbons (Fsp3) is 0.120. The van der Waals surface area contributed by atoms with Gasteiger partial charge in [0.1, 0.15) is 5.75 Å². The summed E-state index contributed by atoms with van der Waals surface area (Å²) in [7, 11) is 4.53. The van der Waals surface area contributed by atoms with Gasteiger partial charge in [-0.1, -0.05) is 48.5 Å². The van der Waals surface area contributed by atoms with E-state index in [2.05, 4.69) is 5.32 Å². The number of methoxy groups -OCH3 is 3. The number of Topliss-reactive ketones (excluding diaryl/α,β-unsaturated/α-hetero) is 1. The van der Waals surface area contributed by atoms with Crippen molar-refractivity contribution in [1.29, 1.82) is 0 Å². The molecule has 0 aliphatic heterocycles. The summed E-state index contributed by atoms with van der Waals surface area (Å²) in [5.74, 6) is 0.414. The van der Waals surface area contributed by atoms with Crippen molar-refractivity contribution < 1.29 is 23.8 Å². The predicted octanol–water partition coefficient (Wildman–Crippen LogP) is 4.62. The fourth-order valence-electron chi connectivity index (χ4n) is 3.02. The first-order valence-electron chi connectivity index (χ1n) is 9.55. The zero-order chi connectivity index (χ0) is 22.2. The Morgan fingerprint density at radius 3 is 1.87 bits per heavy atom. The number of benzene rings is 3. The summed E-state index contributed by atoms with van der Waals surface area (Å²) in [4.78, 5) is 26.3. The molecule has 3 aromatic carbocycles. The number of para-hydroxylation sites is 1. The molecule has 0 saturated carbocycles. The number of ketones is 1. The summed E-state index contributed by atoms with van der Waals surface area (Å²) in [6, 6.07) is 20.9. The van der Waals surface area contributed by atoms with Crippen LogP contribution in [0.5, 0.6) is 17.2 Å². The minimum absolute atomic E-state index is 0.0411. The van der Waals surface area contributed by atoms with Crippen molar-refractivity contribution >= 4 is 23.5 Å². The van der Waals surface area contributed by atoms with Gasteiger partial charge in [0.05, 0.1) is 26.9 Å². The zero-order valence-corrected chi connectivity index (χ0v) is 17.5. The van der Waals surface area contributed by atoms with Gasteiger partial charge in [-0.25, -0.2) is 0 Å². The van der Waals surface area contributed by atoms with Gasteiger partial charge in [-0.05, 0) is 24.3 Å². The third-order valence-corrected chi connectivity index (χ3v) is 4.59. The minimum atomic E-state index is -0.531. The molecule has 3 rings (SSSR count). The summed E-state index contributed by atoms with van der Waals surface area (Å²) in [5.41, 5.74) is 1.44. The van der Waals surface area contributed by atoms with Gasteiger partial charge in [0.2, 0.25) is 0 Å². The Hall–Kier alpha value is -4.06. The standard InChI is InChI=1S/C25H23NO5/c1-29-21-16-23(31-3)22(30-2)15-18(21)14-20(24(27)17-10-6-4-7-11-17)25(28)26-19-12-8-5-9-13-19/h4-16H,1-3H3,(H,26,28)/b20-14+. The van der Waals surface area contributed by atoms with Gasteiger partial charge >= 0.3 is 0 Å². The normalized spacial score (nSPS) is 10.9. The molecule has 1 N–H and O–H groups in total. The van der Waals surface area contributed by atoms with Crippen LogP contribution >= 0.6 is 0 Å². The number of ether oxygens (including phenoxy) is 3. The van der Waals surface area contributed by atoms with E-state index < -0.39 is 11.7 Å². The maximum Gasteiger partial charge on any atom is 0.259 e. The van der Waals surface area contributed by atoms with Gasteiger partial charge in [0.25, 0.3) is 5.91 Å². The summed E-state index contributed by atoms with van der Waals surface area (Å²) >= 11 is 0. The Bertz CT molecular complexity index is 1090. The van der Waals surface area contributed by atoms with Crippen LogP contribution < -0.4 is 19.5 Å². The number of nitrogens with one attached hydrogen (secondary N) is 1. The van der Waals surface area contributed by atoms with E-state index in [-0.39, 0.29) is 5.57 Å². The van der Waals surface area contributed by atoms with Crippen molar-refractivity contribution in [2.24, 2.45) is 0 Å². The van der Waals surface area contributed by atoms with Crippen LogP contribution in [0.3, 0.4) is 0 Å². The fourth-order valence-corrected chi connectivity index (χ4v) is 3.02. The Kier molecular flexibility index (Phi) is 7.06. The number of hydrogen-bond donors (Lipinski definition) is 1. The highest BCUT2D eigenvalue weighted by Crippen LogP contribution is 2.36. The van der Waals surface area contributed by atoms with Gasteiger partial charge in [-0.2, -0.15) is 0 Å². The topological polar surface area (TPSA) is 73.9 Å². The van der Waals surface area contributed by atoms with Crippen LogP contribution in [-0.4, -0.2) is 33.0 Å². The first-order valence-corrected chi connectivity index (χ1v) is 9.55. The minimum Gasteiger partial charge on any atom is -0.496 e. The number of anilines is 1. The third-order valence-electron chi connectivity index (χ3n) is 4.59. The molecule has 0 spiro atoms. The van der Waals surface area contributed by atoms with E-state index in [1.165, 1.54) is 27.4 Å². The third kappa shape index (κ3) is 5.11. The second kappa shape index (κ2) is 10.1. The predicted molar refractivity (Wildman–Crippen MR) is 120 cm³/mol. The number of carbonyl (C=O) groups excluding carboxylic acids is 2. The Morgan fingerprint density at radius 2 is 1.29 bits per heavy atom. The average Bonchev–Trinajstić information content (AvgIpc) is 2.82. The van der Waals surface area contributed by atoms with Crippen molar-refractivity contribution in [3.05, 3.63) is 89.5 Å². The second-order valence-corrected chi connectivity index (χ2v) is 6.52. The van der Waals surface area contributed by atoms with Gasteiger partial charge < -0.3 is 19.5 Å². The SMILES string of the molecule is COc1cc(OC)c(OC)cc1/C=C(/C(=O)Nc1ccccc1)C(=O)c1ccccc1. The van der Waals surface area contributed by atoms with Gasteiger partial charge in [-0.15, -0.1) is 0 Å². The first-order chi connectivity index (χ1) is 15.1. The Morgan fingerprint density at radius 1 is 0.742 bits per heavy atom. The highest BCUT2D eigenvalue weighted by molar-refractivity contribution is 6.31. The smallest absolute Gasteiger partial charge is 0.259 e. The lowest BCUT2D eigenvalue weighted by Crippen LogP contribution is -2.20. The van der Waals surface area contributed by atoms with Crippen molar-refractivity contribution in [3.63, 3.8) is 0 Å².